The lowest BCUT2D eigenvalue weighted by atomic mass is 10.2. The Hall–Kier alpha value is -1.23. The first-order valence-electron chi connectivity index (χ1n) is 6.17. The maximum Gasteiger partial charge on any atom is 0.256 e. The van der Waals surface area contributed by atoms with Gasteiger partial charge in [0.2, 0.25) is 5.88 Å². The molecule has 1 saturated heterocycles. The first-order chi connectivity index (χ1) is 8.66. The van der Waals surface area contributed by atoms with Crippen molar-refractivity contribution in [3.8, 4) is 5.88 Å². The molecule has 0 radical (unpaired) electrons. The Morgan fingerprint density at radius 2 is 2.44 bits per heavy atom. The van der Waals surface area contributed by atoms with Crippen LogP contribution in [0.2, 0.25) is 0 Å². The number of carbonyl (C=O) groups is 1. The summed E-state index contributed by atoms with van der Waals surface area (Å²) in [6.45, 7) is 3.87. The summed E-state index contributed by atoms with van der Waals surface area (Å²) in [5.74, 6) is 2.41. The van der Waals surface area contributed by atoms with E-state index >= 15 is 0 Å². The smallest absolute Gasteiger partial charge is 0.256 e. The van der Waals surface area contributed by atoms with Crippen LogP contribution in [0.3, 0.4) is 0 Å². The van der Waals surface area contributed by atoms with E-state index in [1.807, 2.05) is 25.6 Å². The molecule has 0 aliphatic carbocycles. The molecule has 2 rings (SSSR count). The van der Waals surface area contributed by atoms with Crippen molar-refractivity contribution in [1.82, 2.24) is 10.3 Å². The van der Waals surface area contributed by atoms with Gasteiger partial charge < -0.3 is 10.1 Å². The average molecular weight is 266 g/mol. The van der Waals surface area contributed by atoms with Crippen LogP contribution in [-0.4, -0.2) is 34.5 Å². The van der Waals surface area contributed by atoms with Gasteiger partial charge in [-0.25, -0.2) is 4.98 Å². The first kappa shape index (κ1) is 13.2. The van der Waals surface area contributed by atoms with Gasteiger partial charge in [0.05, 0.1) is 0 Å². The van der Waals surface area contributed by atoms with E-state index in [1.54, 1.807) is 18.3 Å². The molecule has 98 valence electrons. The molecule has 1 amide bonds. The second-order valence-electron chi connectivity index (χ2n) is 4.59. The third-order valence-corrected chi connectivity index (χ3v) is 3.73. The largest absolute Gasteiger partial charge is 0.473 e. The van der Waals surface area contributed by atoms with Crippen molar-refractivity contribution in [2.24, 2.45) is 0 Å². The van der Waals surface area contributed by atoms with E-state index in [2.05, 4.69) is 10.3 Å². The van der Waals surface area contributed by atoms with E-state index in [1.165, 1.54) is 0 Å². The van der Waals surface area contributed by atoms with Gasteiger partial charge in [-0.3, -0.25) is 4.79 Å². The van der Waals surface area contributed by atoms with Gasteiger partial charge in [-0.05, 0) is 38.2 Å². The van der Waals surface area contributed by atoms with Crippen molar-refractivity contribution in [2.75, 3.05) is 11.5 Å². The number of ether oxygens (including phenoxy) is 1. The summed E-state index contributed by atoms with van der Waals surface area (Å²) in [7, 11) is 0. The number of carbonyl (C=O) groups excluding carboxylic acids is 1. The molecule has 1 aliphatic heterocycles. The fraction of sp³-hybridized carbons (Fsp3) is 0.538. The Morgan fingerprint density at radius 3 is 3.11 bits per heavy atom. The molecule has 1 N–H and O–H groups in total. The number of amides is 1. The van der Waals surface area contributed by atoms with E-state index < -0.39 is 0 Å². The molecule has 18 heavy (non-hydrogen) atoms. The minimum atomic E-state index is -0.126. The number of pyridine rings is 1. The van der Waals surface area contributed by atoms with Gasteiger partial charge in [-0.15, -0.1) is 0 Å². The number of hydrogen-bond donors (Lipinski definition) is 1. The van der Waals surface area contributed by atoms with Crippen molar-refractivity contribution in [3.63, 3.8) is 0 Å². The summed E-state index contributed by atoms with van der Waals surface area (Å²) < 4.78 is 5.82. The molecule has 0 saturated carbocycles. The second-order valence-corrected chi connectivity index (χ2v) is 5.74. The van der Waals surface area contributed by atoms with E-state index in [0.29, 0.717) is 11.4 Å². The molecule has 4 nitrogen and oxygen atoms in total. The number of nitrogens with zero attached hydrogens (tertiary/aromatic N) is 1. The predicted molar refractivity (Wildman–Crippen MR) is 73.2 cm³/mol. The summed E-state index contributed by atoms with van der Waals surface area (Å²) in [4.78, 5) is 16.2. The molecular weight excluding hydrogens is 248 g/mol. The monoisotopic (exact) mass is 266 g/mol. The molecule has 1 unspecified atom stereocenters. The Morgan fingerprint density at radius 1 is 1.61 bits per heavy atom. The van der Waals surface area contributed by atoms with Gasteiger partial charge in [-0.2, -0.15) is 11.8 Å². The topological polar surface area (TPSA) is 51.2 Å². The van der Waals surface area contributed by atoms with Crippen LogP contribution in [0.1, 0.15) is 30.6 Å². The molecule has 1 aromatic heterocycles. The van der Waals surface area contributed by atoms with Crippen LogP contribution in [0.15, 0.2) is 18.3 Å². The van der Waals surface area contributed by atoms with Gasteiger partial charge >= 0.3 is 0 Å². The van der Waals surface area contributed by atoms with E-state index in [0.717, 1.165) is 17.9 Å². The third-order valence-electron chi connectivity index (χ3n) is 2.60. The summed E-state index contributed by atoms with van der Waals surface area (Å²) in [5.41, 5.74) is 0.517. The number of rotatable bonds is 4. The zero-order valence-corrected chi connectivity index (χ0v) is 11.5. The van der Waals surface area contributed by atoms with Gasteiger partial charge in [0.15, 0.2) is 0 Å². The van der Waals surface area contributed by atoms with Crippen molar-refractivity contribution < 1.29 is 9.53 Å². The maximum absolute atomic E-state index is 12.0. The van der Waals surface area contributed by atoms with E-state index in [4.69, 9.17) is 4.74 Å². The average Bonchev–Trinajstić information content (AvgIpc) is 2.81. The SMILES string of the molecule is CC(C)NC(=O)c1cccnc1OC1CCSC1. The van der Waals surface area contributed by atoms with Gasteiger partial charge in [-0.1, -0.05) is 0 Å². The highest BCUT2D eigenvalue weighted by atomic mass is 32.2. The Balaban J connectivity index is 2.11. The van der Waals surface area contributed by atoms with Crippen LogP contribution in [0, 0.1) is 0 Å². The van der Waals surface area contributed by atoms with Crippen LogP contribution >= 0.6 is 11.8 Å². The summed E-state index contributed by atoms with van der Waals surface area (Å²) in [5, 5.41) is 2.86. The Kier molecular flexibility index (Phi) is 4.47. The molecule has 1 fully saturated rings. The van der Waals surface area contributed by atoms with Crippen molar-refractivity contribution in [2.45, 2.75) is 32.4 Å². The zero-order valence-electron chi connectivity index (χ0n) is 10.7. The number of nitrogens with one attached hydrogen (secondary N) is 1. The minimum absolute atomic E-state index is 0.104. The lowest BCUT2D eigenvalue weighted by Gasteiger charge is -2.15. The zero-order chi connectivity index (χ0) is 13.0. The number of hydrogen-bond acceptors (Lipinski definition) is 4. The normalized spacial score (nSPS) is 18.9. The van der Waals surface area contributed by atoms with Crippen LogP contribution in [0.25, 0.3) is 0 Å². The molecule has 1 aliphatic rings. The lowest BCUT2D eigenvalue weighted by molar-refractivity contribution is 0.0935. The van der Waals surface area contributed by atoms with Crippen LogP contribution < -0.4 is 10.1 Å². The first-order valence-corrected chi connectivity index (χ1v) is 7.32. The third kappa shape index (κ3) is 3.38. The van der Waals surface area contributed by atoms with Gasteiger partial charge in [0, 0.05) is 18.0 Å². The molecule has 0 bridgehead atoms. The molecule has 2 heterocycles. The summed E-state index contributed by atoms with van der Waals surface area (Å²) in [6, 6.07) is 3.61. The maximum atomic E-state index is 12.0. The van der Waals surface area contributed by atoms with Crippen molar-refractivity contribution >= 4 is 17.7 Å². The second kappa shape index (κ2) is 6.09. The van der Waals surface area contributed by atoms with Crippen LogP contribution in [0.4, 0.5) is 0 Å². The highest BCUT2D eigenvalue weighted by Gasteiger charge is 2.21. The molecule has 0 spiro atoms. The highest BCUT2D eigenvalue weighted by molar-refractivity contribution is 7.99. The quantitative estimate of drug-likeness (QED) is 0.907. The predicted octanol–water partition coefficient (Wildman–Crippen LogP) is 2.10. The van der Waals surface area contributed by atoms with Gasteiger partial charge in [0.1, 0.15) is 11.7 Å². The fourth-order valence-corrected chi connectivity index (χ4v) is 2.86. The van der Waals surface area contributed by atoms with Crippen LogP contribution in [0.5, 0.6) is 5.88 Å². The minimum Gasteiger partial charge on any atom is -0.473 e. The molecule has 5 heteroatoms. The Labute approximate surface area is 112 Å². The molecular formula is C13H18N2O2S. The van der Waals surface area contributed by atoms with Gasteiger partial charge in [0.25, 0.3) is 5.91 Å². The van der Waals surface area contributed by atoms with E-state index in [9.17, 15) is 4.79 Å². The lowest BCUT2D eigenvalue weighted by Crippen LogP contribution is -2.31. The highest BCUT2D eigenvalue weighted by Crippen LogP contribution is 2.24. The van der Waals surface area contributed by atoms with E-state index in [-0.39, 0.29) is 18.1 Å². The molecule has 1 atom stereocenters. The van der Waals surface area contributed by atoms with Crippen LogP contribution in [-0.2, 0) is 0 Å². The number of aromatic nitrogens is 1. The number of thioether (sulfide) groups is 1. The summed E-state index contributed by atoms with van der Waals surface area (Å²) in [6.07, 6.45) is 2.85. The molecule has 1 aromatic rings. The van der Waals surface area contributed by atoms with Crippen molar-refractivity contribution in [3.05, 3.63) is 23.9 Å². The standard InChI is InChI=1S/C13H18N2O2S/c1-9(2)15-12(16)11-4-3-6-14-13(11)17-10-5-7-18-8-10/h3-4,6,9-10H,5,7-8H2,1-2H3,(H,15,16). The Bertz CT molecular complexity index is 417. The fourth-order valence-electron chi connectivity index (χ4n) is 1.76. The summed E-state index contributed by atoms with van der Waals surface area (Å²) >= 11 is 1.87. The molecule has 0 aromatic carbocycles. The van der Waals surface area contributed by atoms with Crippen molar-refractivity contribution in [1.29, 1.82) is 0 Å².